The summed E-state index contributed by atoms with van der Waals surface area (Å²) in [7, 11) is 0. The summed E-state index contributed by atoms with van der Waals surface area (Å²) < 4.78 is 5.75. The van der Waals surface area contributed by atoms with Crippen LogP contribution in [0.5, 0.6) is 0 Å². The minimum atomic E-state index is -0.117. The van der Waals surface area contributed by atoms with Crippen LogP contribution in [0.2, 0.25) is 0 Å². The first kappa shape index (κ1) is 14.6. The van der Waals surface area contributed by atoms with Crippen LogP contribution in [0, 0.1) is 5.92 Å². The fourth-order valence-corrected chi connectivity index (χ4v) is 2.62. The highest BCUT2D eigenvalue weighted by atomic mass is 16.3. The van der Waals surface area contributed by atoms with Crippen molar-refractivity contribution in [1.82, 2.24) is 5.32 Å². The molecule has 1 heterocycles. The molecule has 0 aliphatic heterocycles. The molecule has 1 aliphatic carbocycles. The van der Waals surface area contributed by atoms with Crippen molar-refractivity contribution in [2.45, 2.75) is 32.2 Å². The average Bonchev–Trinajstić information content (AvgIpc) is 3.08. The van der Waals surface area contributed by atoms with Crippen LogP contribution in [0.4, 0.5) is 0 Å². The number of carbonyl (C=O) groups is 1. The van der Waals surface area contributed by atoms with Crippen LogP contribution in [0.1, 0.15) is 49.3 Å². The van der Waals surface area contributed by atoms with Crippen LogP contribution < -0.4 is 5.32 Å². The Bertz CT molecular complexity index is 672. The van der Waals surface area contributed by atoms with Crippen molar-refractivity contribution in [1.29, 1.82) is 0 Å². The standard InChI is InChI=1S/C19H21NO2/c1-13-12-17(13)18-10-8-16(22-18)9-11-19(21)20-14(2)15-6-4-3-5-7-15/h3-11,13-14,17H,12H2,1-2H3,(H,20,21)/b11-9+. The van der Waals surface area contributed by atoms with E-state index in [1.165, 1.54) is 12.5 Å². The van der Waals surface area contributed by atoms with E-state index in [0.29, 0.717) is 5.92 Å². The Morgan fingerprint density at radius 1 is 1.27 bits per heavy atom. The molecule has 3 nitrogen and oxygen atoms in total. The Morgan fingerprint density at radius 2 is 2.00 bits per heavy atom. The first-order valence-electron chi connectivity index (χ1n) is 7.76. The maximum absolute atomic E-state index is 12.0. The summed E-state index contributed by atoms with van der Waals surface area (Å²) in [5, 5.41) is 2.95. The first-order chi connectivity index (χ1) is 10.6. The fourth-order valence-electron chi connectivity index (χ4n) is 2.62. The van der Waals surface area contributed by atoms with Crippen LogP contribution in [-0.4, -0.2) is 5.91 Å². The van der Waals surface area contributed by atoms with Gasteiger partial charge in [0.15, 0.2) is 0 Å². The monoisotopic (exact) mass is 295 g/mol. The zero-order chi connectivity index (χ0) is 15.5. The molecule has 3 rings (SSSR count). The van der Waals surface area contributed by atoms with Crippen molar-refractivity contribution >= 4 is 12.0 Å². The second kappa shape index (κ2) is 6.22. The van der Waals surface area contributed by atoms with Crippen LogP contribution in [0.15, 0.2) is 53.0 Å². The third kappa shape index (κ3) is 3.48. The number of carbonyl (C=O) groups excluding carboxylic acids is 1. The van der Waals surface area contributed by atoms with E-state index in [-0.39, 0.29) is 11.9 Å². The molecule has 22 heavy (non-hydrogen) atoms. The zero-order valence-corrected chi connectivity index (χ0v) is 13.0. The number of rotatable bonds is 5. The van der Waals surface area contributed by atoms with Gasteiger partial charge in [-0.1, -0.05) is 37.3 Å². The lowest BCUT2D eigenvalue weighted by molar-refractivity contribution is -0.117. The summed E-state index contributed by atoms with van der Waals surface area (Å²) in [5.74, 6) is 2.93. The van der Waals surface area contributed by atoms with Gasteiger partial charge in [0.05, 0.1) is 6.04 Å². The van der Waals surface area contributed by atoms with Crippen molar-refractivity contribution in [2.24, 2.45) is 5.92 Å². The number of hydrogen-bond acceptors (Lipinski definition) is 2. The lowest BCUT2D eigenvalue weighted by Crippen LogP contribution is -2.24. The minimum Gasteiger partial charge on any atom is -0.461 e. The number of furan rings is 1. The molecule has 2 aromatic rings. The summed E-state index contributed by atoms with van der Waals surface area (Å²) in [4.78, 5) is 12.0. The lowest BCUT2D eigenvalue weighted by Gasteiger charge is -2.12. The smallest absolute Gasteiger partial charge is 0.244 e. The molecule has 1 fully saturated rings. The van der Waals surface area contributed by atoms with Crippen LogP contribution >= 0.6 is 0 Å². The summed E-state index contributed by atoms with van der Waals surface area (Å²) in [5.41, 5.74) is 1.09. The van der Waals surface area contributed by atoms with Gasteiger partial charge in [-0.15, -0.1) is 0 Å². The molecule has 0 radical (unpaired) electrons. The molecule has 114 valence electrons. The number of hydrogen-bond donors (Lipinski definition) is 1. The summed E-state index contributed by atoms with van der Waals surface area (Å²) >= 11 is 0. The van der Waals surface area contributed by atoms with Gasteiger partial charge in [-0.2, -0.15) is 0 Å². The first-order valence-corrected chi connectivity index (χ1v) is 7.76. The van der Waals surface area contributed by atoms with Gasteiger partial charge in [0.1, 0.15) is 11.5 Å². The molecule has 3 atom stereocenters. The quantitative estimate of drug-likeness (QED) is 0.836. The van der Waals surface area contributed by atoms with Gasteiger partial charge in [0.25, 0.3) is 0 Å². The second-order valence-corrected chi connectivity index (χ2v) is 6.03. The minimum absolute atomic E-state index is 0.0159. The van der Waals surface area contributed by atoms with Gasteiger partial charge in [-0.25, -0.2) is 0 Å². The lowest BCUT2D eigenvalue weighted by atomic mass is 10.1. The second-order valence-electron chi connectivity index (χ2n) is 6.03. The van der Waals surface area contributed by atoms with Crippen molar-refractivity contribution < 1.29 is 9.21 Å². The molecule has 1 N–H and O–H groups in total. The molecule has 1 aliphatic rings. The molecule has 0 saturated heterocycles. The number of benzene rings is 1. The number of amides is 1. The highest BCUT2D eigenvalue weighted by molar-refractivity contribution is 5.91. The topological polar surface area (TPSA) is 42.2 Å². The Kier molecular flexibility index (Phi) is 4.14. The number of nitrogens with one attached hydrogen (secondary N) is 1. The van der Waals surface area contributed by atoms with Crippen LogP contribution in [0.25, 0.3) is 6.08 Å². The van der Waals surface area contributed by atoms with Crippen LogP contribution in [-0.2, 0) is 4.79 Å². The predicted octanol–water partition coefficient (Wildman–Crippen LogP) is 4.29. The van der Waals surface area contributed by atoms with E-state index in [0.717, 1.165) is 23.0 Å². The van der Waals surface area contributed by atoms with Crippen molar-refractivity contribution in [3.8, 4) is 0 Å². The molecule has 1 saturated carbocycles. The van der Waals surface area contributed by atoms with E-state index in [2.05, 4.69) is 12.2 Å². The van der Waals surface area contributed by atoms with Gasteiger partial charge in [0.2, 0.25) is 5.91 Å². The Balaban J connectivity index is 1.56. The van der Waals surface area contributed by atoms with E-state index in [9.17, 15) is 4.79 Å². The summed E-state index contributed by atoms with van der Waals surface area (Å²) in [6.45, 7) is 4.20. The highest BCUT2D eigenvalue weighted by Gasteiger charge is 2.36. The van der Waals surface area contributed by atoms with Crippen LogP contribution in [0.3, 0.4) is 0 Å². The molecule has 3 unspecified atom stereocenters. The predicted molar refractivity (Wildman–Crippen MR) is 87.3 cm³/mol. The zero-order valence-electron chi connectivity index (χ0n) is 13.0. The SMILES string of the molecule is CC(NC(=O)/C=C/c1ccc(C2CC2C)o1)c1ccccc1. The summed E-state index contributed by atoms with van der Waals surface area (Å²) in [6, 6.07) is 13.8. The molecule has 0 bridgehead atoms. The van der Waals surface area contributed by atoms with Gasteiger partial charge in [-0.05, 0) is 43.0 Å². The third-order valence-electron chi connectivity index (χ3n) is 4.18. The molecule has 3 heteroatoms. The normalized spacial score (nSPS) is 21.7. The Morgan fingerprint density at radius 3 is 2.68 bits per heavy atom. The fraction of sp³-hybridized carbons (Fsp3) is 0.316. The van der Waals surface area contributed by atoms with Gasteiger partial charge in [-0.3, -0.25) is 4.79 Å². The van der Waals surface area contributed by atoms with E-state index < -0.39 is 0 Å². The van der Waals surface area contributed by atoms with Crippen molar-refractivity contribution in [3.63, 3.8) is 0 Å². The van der Waals surface area contributed by atoms with E-state index >= 15 is 0 Å². The van der Waals surface area contributed by atoms with E-state index in [1.54, 1.807) is 6.08 Å². The molecule has 1 aromatic heterocycles. The van der Waals surface area contributed by atoms with E-state index in [1.807, 2.05) is 49.4 Å². The van der Waals surface area contributed by atoms with Gasteiger partial charge >= 0.3 is 0 Å². The molecular formula is C19H21NO2. The van der Waals surface area contributed by atoms with Gasteiger partial charge in [0, 0.05) is 12.0 Å². The highest BCUT2D eigenvalue weighted by Crippen LogP contribution is 2.47. The Labute approximate surface area is 131 Å². The van der Waals surface area contributed by atoms with Crippen molar-refractivity contribution in [3.05, 3.63) is 65.6 Å². The third-order valence-corrected chi connectivity index (χ3v) is 4.18. The maximum Gasteiger partial charge on any atom is 0.244 e. The molecule has 0 spiro atoms. The Hall–Kier alpha value is -2.29. The average molecular weight is 295 g/mol. The summed E-state index contributed by atoms with van der Waals surface area (Å²) in [6.07, 6.45) is 4.45. The molecule has 1 aromatic carbocycles. The van der Waals surface area contributed by atoms with E-state index in [4.69, 9.17) is 4.42 Å². The molecule has 1 amide bonds. The maximum atomic E-state index is 12.0. The molecular weight excluding hydrogens is 274 g/mol. The largest absolute Gasteiger partial charge is 0.461 e. The van der Waals surface area contributed by atoms with Crippen molar-refractivity contribution in [2.75, 3.05) is 0 Å². The van der Waals surface area contributed by atoms with Gasteiger partial charge < -0.3 is 9.73 Å².